The van der Waals surface area contributed by atoms with Crippen molar-refractivity contribution in [3.8, 4) is 0 Å². The molecular weight excluding hydrogens is 394 g/mol. The first kappa shape index (κ1) is 21.8. The topological polar surface area (TPSA) is 96.5 Å². The van der Waals surface area contributed by atoms with Crippen LogP contribution >= 0.6 is 0 Å². The molecule has 0 aliphatic carbocycles. The first-order valence-corrected chi connectivity index (χ1v) is 10.0. The van der Waals surface area contributed by atoms with E-state index in [1.807, 2.05) is 55.5 Å². The Morgan fingerprint density at radius 2 is 1.52 bits per heavy atom. The summed E-state index contributed by atoms with van der Waals surface area (Å²) in [5.74, 6) is -1.12. The van der Waals surface area contributed by atoms with E-state index in [0.717, 1.165) is 16.3 Å². The maximum absolute atomic E-state index is 12.3. The van der Waals surface area contributed by atoms with Gasteiger partial charge in [0, 0.05) is 5.69 Å². The average Bonchev–Trinajstić information content (AvgIpc) is 2.77. The van der Waals surface area contributed by atoms with Gasteiger partial charge < -0.3 is 20.7 Å². The zero-order chi connectivity index (χ0) is 22.2. The predicted octanol–water partition coefficient (Wildman–Crippen LogP) is 3.77. The number of hydrogen-bond acceptors (Lipinski definition) is 4. The van der Waals surface area contributed by atoms with Crippen LogP contribution in [0.1, 0.15) is 25.5 Å². The number of esters is 1. The van der Waals surface area contributed by atoms with Crippen molar-refractivity contribution in [1.29, 1.82) is 0 Å². The minimum Gasteiger partial charge on any atom is -0.454 e. The summed E-state index contributed by atoms with van der Waals surface area (Å²) in [4.78, 5) is 36.4. The normalized spacial score (nSPS) is 12.5. The van der Waals surface area contributed by atoms with Crippen LogP contribution in [0.3, 0.4) is 0 Å². The lowest BCUT2D eigenvalue weighted by atomic mass is 10.00. The van der Waals surface area contributed by atoms with Crippen LogP contribution in [0.2, 0.25) is 0 Å². The number of carbonyl (C=O) groups is 3. The maximum atomic E-state index is 12.3. The molecule has 160 valence electrons. The summed E-state index contributed by atoms with van der Waals surface area (Å²) in [6.45, 7) is 2.93. The Morgan fingerprint density at radius 1 is 0.839 bits per heavy atom. The highest BCUT2D eigenvalue weighted by atomic mass is 16.5. The highest BCUT2D eigenvalue weighted by Crippen LogP contribution is 2.23. The zero-order valence-corrected chi connectivity index (χ0v) is 17.4. The number of hydrogen-bond donors (Lipinski definition) is 3. The van der Waals surface area contributed by atoms with E-state index in [1.165, 1.54) is 6.92 Å². The molecule has 3 amide bonds. The first-order valence-electron chi connectivity index (χ1n) is 10.0. The van der Waals surface area contributed by atoms with Crippen molar-refractivity contribution in [2.24, 2.45) is 0 Å². The number of ether oxygens (including phenoxy) is 1. The summed E-state index contributed by atoms with van der Waals surface area (Å²) < 4.78 is 5.05. The lowest BCUT2D eigenvalue weighted by Crippen LogP contribution is -2.43. The van der Waals surface area contributed by atoms with E-state index in [-0.39, 0.29) is 6.04 Å². The highest BCUT2D eigenvalue weighted by Gasteiger charge is 2.19. The van der Waals surface area contributed by atoms with E-state index in [4.69, 9.17) is 4.74 Å². The van der Waals surface area contributed by atoms with Gasteiger partial charge in [-0.15, -0.1) is 0 Å². The van der Waals surface area contributed by atoms with Gasteiger partial charge in [0.1, 0.15) is 6.04 Å². The Kier molecular flexibility index (Phi) is 7.22. The molecule has 3 aromatic rings. The quantitative estimate of drug-likeness (QED) is 0.508. The predicted molar refractivity (Wildman–Crippen MR) is 120 cm³/mol. The number of fused-ring (bicyclic) bond motifs is 1. The maximum Gasteiger partial charge on any atom is 0.328 e. The highest BCUT2D eigenvalue weighted by molar-refractivity contribution is 5.93. The minimum atomic E-state index is -0.910. The Balaban J connectivity index is 1.47. The summed E-state index contributed by atoms with van der Waals surface area (Å²) in [5.41, 5.74) is 1.58. The molecule has 3 aromatic carbocycles. The van der Waals surface area contributed by atoms with Crippen LogP contribution < -0.4 is 16.0 Å². The van der Waals surface area contributed by atoms with Crippen molar-refractivity contribution in [2.45, 2.75) is 25.9 Å². The minimum absolute atomic E-state index is 0.260. The van der Waals surface area contributed by atoms with Crippen LogP contribution in [0.5, 0.6) is 0 Å². The average molecular weight is 419 g/mol. The van der Waals surface area contributed by atoms with Gasteiger partial charge in [-0.3, -0.25) is 4.79 Å². The van der Waals surface area contributed by atoms with Gasteiger partial charge >= 0.3 is 12.0 Å². The number of carbonyl (C=O) groups excluding carboxylic acids is 3. The van der Waals surface area contributed by atoms with Crippen molar-refractivity contribution in [3.63, 3.8) is 0 Å². The molecule has 7 heteroatoms. The van der Waals surface area contributed by atoms with Gasteiger partial charge in [0.2, 0.25) is 0 Å². The molecule has 0 radical (unpaired) electrons. The molecule has 0 spiro atoms. The molecule has 0 bridgehead atoms. The van der Waals surface area contributed by atoms with E-state index in [2.05, 4.69) is 16.0 Å². The largest absolute Gasteiger partial charge is 0.454 e. The van der Waals surface area contributed by atoms with E-state index in [1.54, 1.807) is 24.3 Å². The number of urea groups is 1. The van der Waals surface area contributed by atoms with Crippen LogP contribution in [0.25, 0.3) is 10.8 Å². The van der Waals surface area contributed by atoms with Crippen LogP contribution in [-0.2, 0) is 14.3 Å². The molecule has 7 nitrogen and oxygen atoms in total. The number of amides is 3. The second-order valence-electron chi connectivity index (χ2n) is 7.15. The third-order valence-electron chi connectivity index (χ3n) is 4.75. The monoisotopic (exact) mass is 419 g/mol. The molecule has 3 N–H and O–H groups in total. The fourth-order valence-corrected chi connectivity index (χ4v) is 3.19. The van der Waals surface area contributed by atoms with Gasteiger partial charge in [-0.05, 0) is 42.3 Å². The Labute approximate surface area is 180 Å². The van der Waals surface area contributed by atoms with Crippen LogP contribution in [0, 0.1) is 0 Å². The second kappa shape index (κ2) is 10.2. The molecule has 0 saturated carbocycles. The van der Waals surface area contributed by atoms with Crippen LogP contribution in [-0.4, -0.2) is 30.6 Å². The fraction of sp³-hybridized carbons (Fsp3) is 0.208. The lowest BCUT2D eigenvalue weighted by Gasteiger charge is -2.17. The number of para-hydroxylation sites is 1. The second-order valence-corrected chi connectivity index (χ2v) is 7.15. The Hall–Kier alpha value is -3.87. The third-order valence-corrected chi connectivity index (χ3v) is 4.75. The summed E-state index contributed by atoms with van der Waals surface area (Å²) in [6, 6.07) is 21.0. The van der Waals surface area contributed by atoms with Crippen LogP contribution in [0.4, 0.5) is 10.5 Å². The number of benzene rings is 3. The summed E-state index contributed by atoms with van der Waals surface area (Å²) in [7, 11) is 0. The Morgan fingerprint density at radius 3 is 2.29 bits per heavy atom. The molecular formula is C24H25N3O4. The number of anilines is 1. The van der Waals surface area contributed by atoms with Crippen molar-refractivity contribution in [1.82, 2.24) is 10.6 Å². The lowest BCUT2D eigenvalue weighted by molar-refractivity contribution is -0.150. The molecule has 0 saturated heterocycles. The standard InChI is InChI=1S/C24H25N3O4/c1-16(20-14-8-10-18-9-6-7-13-21(18)20)25-22(28)15-31-23(29)17(2)26-24(30)27-19-11-4-3-5-12-19/h3-14,16-17H,15H2,1-2H3,(H,25,28)(H2,26,27,30)/t16-,17-/m0/s1. The van der Waals surface area contributed by atoms with E-state index in [0.29, 0.717) is 5.69 Å². The summed E-state index contributed by atoms with van der Waals surface area (Å²) >= 11 is 0. The molecule has 2 atom stereocenters. The third kappa shape index (κ3) is 6.05. The molecule has 0 heterocycles. The molecule has 0 fully saturated rings. The smallest absolute Gasteiger partial charge is 0.328 e. The van der Waals surface area contributed by atoms with Gasteiger partial charge in [-0.2, -0.15) is 0 Å². The molecule has 0 aliphatic rings. The molecule has 0 aliphatic heterocycles. The molecule has 31 heavy (non-hydrogen) atoms. The zero-order valence-electron chi connectivity index (χ0n) is 17.4. The van der Waals surface area contributed by atoms with Crippen molar-refractivity contribution < 1.29 is 19.1 Å². The van der Waals surface area contributed by atoms with Gasteiger partial charge in [0.05, 0.1) is 6.04 Å². The molecule has 3 rings (SSSR count). The van der Waals surface area contributed by atoms with Crippen molar-refractivity contribution >= 4 is 34.4 Å². The molecule has 0 unspecified atom stereocenters. The van der Waals surface area contributed by atoms with Crippen LogP contribution in [0.15, 0.2) is 72.8 Å². The van der Waals surface area contributed by atoms with E-state index in [9.17, 15) is 14.4 Å². The van der Waals surface area contributed by atoms with Crippen molar-refractivity contribution in [3.05, 3.63) is 78.4 Å². The van der Waals surface area contributed by atoms with E-state index < -0.39 is 30.6 Å². The number of nitrogens with one attached hydrogen (secondary N) is 3. The van der Waals surface area contributed by atoms with Gasteiger partial charge in [0.15, 0.2) is 6.61 Å². The van der Waals surface area contributed by atoms with E-state index >= 15 is 0 Å². The van der Waals surface area contributed by atoms with Gasteiger partial charge in [-0.25, -0.2) is 9.59 Å². The van der Waals surface area contributed by atoms with Gasteiger partial charge in [-0.1, -0.05) is 60.7 Å². The van der Waals surface area contributed by atoms with Crippen molar-refractivity contribution in [2.75, 3.05) is 11.9 Å². The number of rotatable bonds is 7. The van der Waals surface area contributed by atoms with Gasteiger partial charge in [0.25, 0.3) is 5.91 Å². The Bertz CT molecular complexity index is 1060. The molecule has 0 aromatic heterocycles. The SMILES string of the molecule is C[C@H](NC(=O)Nc1ccccc1)C(=O)OCC(=O)N[C@@H](C)c1cccc2ccccc12. The summed E-state index contributed by atoms with van der Waals surface area (Å²) in [5, 5.41) is 10.1. The first-order chi connectivity index (χ1) is 14.9. The summed E-state index contributed by atoms with van der Waals surface area (Å²) in [6.07, 6.45) is 0. The fourth-order valence-electron chi connectivity index (χ4n) is 3.19.